The Bertz CT molecular complexity index is 1160. The minimum atomic E-state index is -4.32. The summed E-state index contributed by atoms with van der Waals surface area (Å²) < 4.78 is 58.9. The van der Waals surface area contributed by atoms with Crippen molar-refractivity contribution in [1.29, 1.82) is 0 Å². The van der Waals surface area contributed by atoms with E-state index in [0.29, 0.717) is 24.2 Å². The van der Waals surface area contributed by atoms with E-state index in [0.717, 1.165) is 59.7 Å². The van der Waals surface area contributed by atoms with Gasteiger partial charge in [-0.15, -0.1) is 11.8 Å². The first-order valence-electron chi connectivity index (χ1n) is 12.5. The van der Waals surface area contributed by atoms with Crippen LogP contribution in [0.15, 0.2) is 59.6 Å². The van der Waals surface area contributed by atoms with E-state index in [1.807, 2.05) is 18.2 Å². The van der Waals surface area contributed by atoms with Crippen molar-refractivity contribution in [1.82, 2.24) is 9.88 Å². The van der Waals surface area contributed by atoms with Gasteiger partial charge in [-0.25, -0.2) is 4.39 Å². The molecule has 3 aromatic rings. The summed E-state index contributed by atoms with van der Waals surface area (Å²) in [4.78, 5) is 7.42. The van der Waals surface area contributed by atoms with Gasteiger partial charge in [-0.2, -0.15) is 13.2 Å². The summed E-state index contributed by atoms with van der Waals surface area (Å²) in [5, 5.41) is 10.8. The largest absolute Gasteiger partial charge is 0.497 e. The van der Waals surface area contributed by atoms with Gasteiger partial charge in [0.2, 0.25) is 0 Å². The molecule has 200 valence electrons. The highest BCUT2D eigenvalue weighted by Gasteiger charge is 2.31. The van der Waals surface area contributed by atoms with Crippen molar-refractivity contribution >= 4 is 22.7 Å². The average molecular weight is 537 g/mol. The number of aliphatic hydroxyl groups is 1. The number of hydrogen-bond acceptors (Lipinski definition) is 5. The van der Waals surface area contributed by atoms with Gasteiger partial charge in [0.1, 0.15) is 11.9 Å². The molecule has 1 aliphatic heterocycles. The molecule has 9 heteroatoms. The molecule has 0 unspecified atom stereocenters. The van der Waals surface area contributed by atoms with Gasteiger partial charge in [-0.05, 0) is 91.7 Å². The molecule has 0 amide bonds. The normalized spacial score (nSPS) is 19.7. The van der Waals surface area contributed by atoms with Crippen molar-refractivity contribution in [3.8, 4) is 5.75 Å². The second kappa shape index (κ2) is 12.5. The van der Waals surface area contributed by atoms with Crippen LogP contribution in [0.2, 0.25) is 0 Å². The summed E-state index contributed by atoms with van der Waals surface area (Å²) in [5.41, 5.74) is 0.705. The number of halogens is 4. The second-order valence-corrected chi connectivity index (χ2v) is 10.7. The Kier molecular flexibility index (Phi) is 9.31. The Labute approximate surface area is 219 Å². The van der Waals surface area contributed by atoms with Gasteiger partial charge in [-0.3, -0.25) is 4.98 Å². The fourth-order valence-electron chi connectivity index (χ4n) is 5.04. The van der Waals surface area contributed by atoms with Crippen LogP contribution in [0.1, 0.15) is 36.6 Å². The summed E-state index contributed by atoms with van der Waals surface area (Å²) in [7, 11) is 1.58. The predicted molar refractivity (Wildman–Crippen MR) is 139 cm³/mol. The van der Waals surface area contributed by atoms with Gasteiger partial charge in [0.15, 0.2) is 0 Å². The standard InChI is InChI=1S/C28H32F4N2O2S/c1-36-22-5-9-27-25(16-22)24(10-12-33-27)26(29)8-2-19-11-13-34(17-20(19)18-35)14-15-37-23-6-3-21(4-7-23)28(30,31)32/h3-7,9-10,12,16,19-20,26,35H,2,8,11,13-15,17-18H2,1H3/t19-,20-,26-/m1/s1. The lowest BCUT2D eigenvalue weighted by Gasteiger charge is -2.38. The second-order valence-electron chi connectivity index (χ2n) is 9.49. The first kappa shape index (κ1) is 27.7. The zero-order valence-corrected chi connectivity index (χ0v) is 21.6. The SMILES string of the molecule is COc1ccc2nccc([C@H](F)CC[C@@H]3CCN(CCSc4ccc(C(F)(F)F)cc4)C[C@@H]3CO)c2c1. The first-order chi connectivity index (χ1) is 17.8. The van der Waals surface area contributed by atoms with Gasteiger partial charge >= 0.3 is 6.18 Å². The van der Waals surface area contributed by atoms with Crippen LogP contribution in [-0.2, 0) is 6.18 Å². The lowest BCUT2D eigenvalue weighted by molar-refractivity contribution is -0.137. The molecular formula is C28H32F4N2O2S. The summed E-state index contributed by atoms with van der Waals surface area (Å²) in [6.45, 7) is 2.44. The lowest BCUT2D eigenvalue weighted by Crippen LogP contribution is -2.43. The van der Waals surface area contributed by atoms with Crippen LogP contribution in [0.3, 0.4) is 0 Å². The topological polar surface area (TPSA) is 45.6 Å². The maximum atomic E-state index is 15.4. The number of pyridine rings is 1. The quantitative estimate of drug-likeness (QED) is 0.229. The number of methoxy groups -OCH3 is 1. The molecule has 0 saturated carbocycles. The molecule has 4 nitrogen and oxygen atoms in total. The predicted octanol–water partition coefficient (Wildman–Crippen LogP) is 6.78. The average Bonchev–Trinajstić information content (AvgIpc) is 2.91. The van der Waals surface area contributed by atoms with Crippen LogP contribution >= 0.6 is 11.8 Å². The Morgan fingerprint density at radius 3 is 2.62 bits per heavy atom. The molecule has 2 aromatic carbocycles. The fraction of sp³-hybridized carbons (Fsp3) is 0.464. The van der Waals surface area contributed by atoms with Crippen LogP contribution in [0.25, 0.3) is 10.9 Å². The molecule has 0 spiro atoms. The van der Waals surface area contributed by atoms with Crippen LogP contribution in [0, 0.1) is 11.8 Å². The van der Waals surface area contributed by atoms with E-state index < -0.39 is 17.9 Å². The summed E-state index contributed by atoms with van der Waals surface area (Å²) >= 11 is 1.52. The fourth-order valence-corrected chi connectivity index (χ4v) is 5.96. The molecule has 3 atom stereocenters. The van der Waals surface area contributed by atoms with E-state index in [1.165, 1.54) is 23.9 Å². The van der Waals surface area contributed by atoms with Crippen molar-refractivity contribution in [2.45, 2.75) is 36.5 Å². The molecule has 4 rings (SSSR count). The highest BCUT2D eigenvalue weighted by Crippen LogP contribution is 2.35. The van der Waals surface area contributed by atoms with E-state index in [9.17, 15) is 18.3 Å². The Hall–Kier alpha value is -2.36. The number of alkyl halides is 4. The Morgan fingerprint density at radius 2 is 1.92 bits per heavy atom. The number of rotatable bonds is 10. The number of likely N-dealkylation sites (tertiary alicyclic amines) is 1. The smallest absolute Gasteiger partial charge is 0.416 e. The maximum Gasteiger partial charge on any atom is 0.416 e. The van der Waals surface area contributed by atoms with Gasteiger partial charge in [-0.1, -0.05) is 0 Å². The third-order valence-corrected chi connectivity index (χ3v) is 8.17. The monoisotopic (exact) mass is 536 g/mol. The molecule has 1 saturated heterocycles. The summed E-state index contributed by atoms with van der Waals surface area (Å²) in [5.74, 6) is 1.73. The number of aliphatic hydroxyl groups excluding tert-OH is 1. The van der Waals surface area contributed by atoms with Gasteiger partial charge in [0.05, 0.1) is 18.2 Å². The maximum absolute atomic E-state index is 15.4. The molecule has 37 heavy (non-hydrogen) atoms. The van der Waals surface area contributed by atoms with Gasteiger partial charge in [0.25, 0.3) is 0 Å². The zero-order valence-electron chi connectivity index (χ0n) is 20.8. The number of aromatic nitrogens is 1. The van der Waals surface area contributed by atoms with Crippen LogP contribution < -0.4 is 4.74 Å². The van der Waals surface area contributed by atoms with E-state index in [1.54, 1.807) is 19.4 Å². The number of hydrogen-bond donors (Lipinski definition) is 1. The highest BCUT2D eigenvalue weighted by molar-refractivity contribution is 7.99. The van der Waals surface area contributed by atoms with Crippen LogP contribution in [0.5, 0.6) is 5.75 Å². The molecule has 0 aliphatic carbocycles. The minimum Gasteiger partial charge on any atom is -0.497 e. The van der Waals surface area contributed by atoms with Crippen LogP contribution in [-0.4, -0.2) is 54.1 Å². The number of fused-ring (bicyclic) bond motifs is 1. The Morgan fingerprint density at radius 1 is 1.14 bits per heavy atom. The third-order valence-electron chi connectivity index (χ3n) is 7.18. The van der Waals surface area contributed by atoms with Crippen molar-refractivity contribution in [3.05, 3.63) is 65.9 Å². The molecular weight excluding hydrogens is 504 g/mol. The zero-order chi connectivity index (χ0) is 26.4. The van der Waals surface area contributed by atoms with Crippen molar-refractivity contribution in [3.63, 3.8) is 0 Å². The van der Waals surface area contributed by atoms with E-state index >= 15 is 4.39 Å². The highest BCUT2D eigenvalue weighted by atomic mass is 32.2. The summed E-state index contributed by atoms with van der Waals surface area (Å²) in [6, 6.07) is 12.4. The molecule has 1 aliphatic rings. The number of thioether (sulfide) groups is 1. The van der Waals surface area contributed by atoms with Gasteiger partial charge < -0.3 is 14.7 Å². The molecule has 1 fully saturated rings. The Balaban J connectivity index is 1.27. The van der Waals surface area contributed by atoms with Gasteiger partial charge in [0, 0.05) is 41.9 Å². The van der Waals surface area contributed by atoms with Crippen molar-refractivity contribution in [2.24, 2.45) is 11.8 Å². The summed E-state index contributed by atoms with van der Waals surface area (Å²) in [6.07, 6.45) is -1.87. The molecule has 1 aromatic heterocycles. The molecule has 2 heterocycles. The molecule has 0 radical (unpaired) electrons. The number of nitrogens with zero attached hydrogens (tertiary/aromatic N) is 2. The molecule has 0 bridgehead atoms. The minimum absolute atomic E-state index is 0.0551. The van der Waals surface area contributed by atoms with Crippen LogP contribution in [0.4, 0.5) is 17.6 Å². The lowest BCUT2D eigenvalue weighted by atomic mass is 9.81. The van der Waals surface area contributed by atoms with E-state index in [4.69, 9.17) is 4.74 Å². The first-order valence-corrected chi connectivity index (χ1v) is 13.5. The van der Waals surface area contributed by atoms with E-state index in [2.05, 4.69) is 9.88 Å². The van der Waals surface area contributed by atoms with E-state index in [-0.39, 0.29) is 18.4 Å². The van der Waals surface area contributed by atoms with Crippen molar-refractivity contribution in [2.75, 3.05) is 39.1 Å². The third kappa shape index (κ3) is 7.15. The molecule has 1 N–H and O–H groups in total. The van der Waals surface area contributed by atoms with Crippen molar-refractivity contribution < 1.29 is 27.4 Å². The number of ether oxygens (including phenoxy) is 1. The number of piperidine rings is 1. The number of benzene rings is 2.